The number of aliphatic carboxylic acids is 1. The zero-order valence-electron chi connectivity index (χ0n) is 11.0. The minimum Gasteiger partial charge on any atom is -0.478 e. The smallest absolute Gasteiger partial charge is 0.327 e. The van der Waals surface area contributed by atoms with E-state index in [1.807, 2.05) is 0 Å². The van der Waals surface area contributed by atoms with Gasteiger partial charge in [-0.15, -0.1) is 0 Å². The van der Waals surface area contributed by atoms with Gasteiger partial charge in [0, 0.05) is 18.6 Å². The standard InChI is InChI=1S/C14H22O5/c15-7-6-10-11(13-5-4-12(10)19-13)9-18-8-2-1-3-14(16)17/h1,3,10-13,15H,2,4-9H2,(H,16,17)/b3-1+/t10-,11+,12-,13+/m1/s1. The third-order valence-electron chi connectivity index (χ3n) is 4.05. The van der Waals surface area contributed by atoms with E-state index in [1.165, 1.54) is 0 Å². The Labute approximate surface area is 113 Å². The van der Waals surface area contributed by atoms with Crippen molar-refractivity contribution in [2.24, 2.45) is 11.8 Å². The number of fused-ring (bicyclic) bond motifs is 2. The first kappa shape index (κ1) is 14.5. The molecule has 2 aliphatic rings. The number of rotatable bonds is 8. The molecular weight excluding hydrogens is 248 g/mol. The SMILES string of the molecule is O=C(O)/C=C/CCOC[C@H]1[C@@H](CCO)[C@H]2CC[C@@H]1O2. The lowest BCUT2D eigenvalue weighted by atomic mass is 9.78. The summed E-state index contributed by atoms with van der Waals surface area (Å²) in [7, 11) is 0. The van der Waals surface area contributed by atoms with Crippen LogP contribution in [0.4, 0.5) is 0 Å². The van der Waals surface area contributed by atoms with Crippen LogP contribution in [0.2, 0.25) is 0 Å². The van der Waals surface area contributed by atoms with Gasteiger partial charge in [0.25, 0.3) is 0 Å². The highest BCUT2D eigenvalue weighted by Gasteiger charge is 2.48. The molecular formula is C14H22O5. The van der Waals surface area contributed by atoms with Crippen molar-refractivity contribution in [3.8, 4) is 0 Å². The first-order valence-electron chi connectivity index (χ1n) is 6.96. The number of hydrogen-bond donors (Lipinski definition) is 2. The van der Waals surface area contributed by atoms with E-state index in [4.69, 9.17) is 19.7 Å². The van der Waals surface area contributed by atoms with Crippen LogP contribution >= 0.6 is 0 Å². The van der Waals surface area contributed by atoms with Gasteiger partial charge in [0.1, 0.15) is 0 Å². The predicted octanol–water partition coefficient (Wildman–Crippen LogP) is 1.21. The molecule has 0 radical (unpaired) electrons. The van der Waals surface area contributed by atoms with Crippen molar-refractivity contribution >= 4 is 5.97 Å². The molecule has 2 bridgehead atoms. The quantitative estimate of drug-likeness (QED) is 0.512. The Bertz CT molecular complexity index is 328. The van der Waals surface area contributed by atoms with Gasteiger partial charge in [-0.2, -0.15) is 0 Å². The van der Waals surface area contributed by atoms with Crippen LogP contribution in [0.25, 0.3) is 0 Å². The lowest BCUT2D eigenvalue weighted by Gasteiger charge is -2.27. The average molecular weight is 270 g/mol. The highest BCUT2D eigenvalue weighted by Crippen LogP contribution is 2.44. The van der Waals surface area contributed by atoms with Crippen LogP contribution in [-0.4, -0.2) is 48.2 Å². The normalized spacial score (nSPS) is 33.3. The van der Waals surface area contributed by atoms with E-state index in [0.29, 0.717) is 37.6 Å². The molecule has 0 aromatic heterocycles. The molecule has 0 aromatic carbocycles. The Morgan fingerprint density at radius 1 is 1.32 bits per heavy atom. The van der Waals surface area contributed by atoms with Crippen molar-refractivity contribution < 1.29 is 24.5 Å². The third kappa shape index (κ3) is 3.78. The van der Waals surface area contributed by atoms with E-state index < -0.39 is 5.97 Å². The summed E-state index contributed by atoms with van der Waals surface area (Å²) in [6.45, 7) is 1.38. The molecule has 108 valence electrons. The van der Waals surface area contributed by atoms with Gasteiger partial charge >= 0.3 is 5.97 Å². The maximum absolute atomic E-state index is 10.3. The number of carboxylic acids is 1. The largest absolute Gasteiger partial charge is 0.478 e. The molecule has 0 amide bonds. The summed E-state index contributed by atoms with van der Waals surface area (Å²) in [6.07, 6.45) is 6.93. The number of aliphatic hydroxyl groups excluding tert-OH is 1. The van der Waals surface area contributed by atoms with Gasteiger partial charge in [-0.1, -0.05) is 6.08 Å². The summed E-state index contributed by atoms with van der Waals surface area (Å²) in [5, 5.41) is 17.5. The van der Waals surface area contributed by atoms with E-state index in [-0.39, 0.29) is 12.7 Å². The fraction of sp³-hybridized carbons (Fsp3) is 0.786. The second kappa shape index (κ2) is 7.03. The van der Waals surface area contributed by atoms with Gasteiger partial charge in [0.15, 0.2) is 0 Å². The zero-order valence-corrected chi connectivity index (χ0v) is 11.0. The van der Waals surface area contributed by atoms with Gasteiger partial charge in [-0.3, -0.25) is 0 Å². The Balaban J connectivity index is 1.68. The Morgan fingerprint density at radius 3 is 2.74 bits per heavy atom. The third-order valence-corrected chi connectivity index (χ3v) is 4.05. The van der Waals surface area contributed by atoms with Gasteiger partial charge in [-0.25, -0.2) is 4.79 Å². The van der Waals surface area contributed by atoms with Gasteiger partial charge in [0.2, 0.25) is 0 Å². The molecule has 0 aliphatic carbocycles. The molecule has 5 nitrogen and oxygen atoms in total. The predicted molar refractivity (Wildman–Crippen MR) is 68.8 cm³/mol. The van der Waals surface area contributed by atoms with Crippen LogP contribution in [0.1, 0.15) is 25.7 Å². The minimum absolute atomic E-state index is 0.203. The molecule has 0 unspecified atom stereocenters. The number of ether oxygens (including phenoxy) is 2. The van der Waals surface area contributed by atoms with Crippen molar-refractivity contribution in [2.75, 3.05) is 19.8 Å². The topological polar surface area (TPSA) is 76.0 Å². The second-order valence-electron chi connectivity index (χ2n) is 5.23. The molecule has 2 saturated heterocycles. The Hall–Kier alpha value is -0.910. The van der Waals surface area contributed by atoms with E-state index >= 15 is 0 Å². The summed E-state index contributed by atoms with van der Waals surface area (Å²) in [5.41, 5.74) is 0. The van der Waals surface area contributed by atoms with Gasteiger partial charge < -0.3 is 19.7 Å². The fourth-order valence-corrected chi connectivity index (χ4v) is 3.21. The molecule has 19 heavy (non-hydrogen) atoms. The monoisotopic (exact) mass is 270 g/mol. The Kier molecular flexibility index (Phi) is 5.36. The average Bonchev–Trinajstić information content (AvgIpc) is 2.95. The molecule has 2 N–H and O–H groups in total. The maximum Gasteiger partial charge on any atom is 0.327 e. The van der Waals surface area contributed by atoms with E-state index in [2.05, 4.69) is 0 Å². The molecule has 0 saturated carbocycles. The van der Waals surface area contributed by atoms with Crippen molar-refractivity contribution in [3.63, 3.8) is 0 Å². The van der Waals surface area contributed by atoms with Crippen molar-refractivity contribution in [2.45, 2.75) is 37.9 Å². The summed E-state index contributed by atoms with van der Waals surface area (Å²) in [4.78, 5) is 10.3. The molecule has 4 atom stereocenters. The second-order valence-corrected chi connectivity index (χ2v) is 5.23. The molecule has 0 aromatic rings. The van der Waals surface area contributed by atoms with Crippen molar-refractivity contribution in [3.05, 3.63) is 12.2 Å². The van der Waals surface area contributed by atoms with Gasteiger partial charge in [0.05, 0.1) is 25.4 Å². The molecule has 5 heteroatoms. The highest BCUT2D eigenvalue weighted by molar-refractivity contribution is 5.79. The zero-order chi connectivity index (χ0) is 13.7. The number of aliphatic hydroxyl groups is 1. The number of carbonyl (C=O) groups is 1. The highest BCUT2D eigenvalue weighted by atomic mass is 16.5. The molecule has 2 fully saturated rings. The molecule has 2 rings (SSSR count). The first-order valence-corrected chi connectivity index (χ1v) is 6.96. The molecule has 0 spiro atoms. The summed E-state index contributed by atoms with van der Waals surface area (Å²) < 4.78 is 11.5. The minimum atomic E-state index is -0.926. The van der Waals surface area contributed by atoms with Crippen LogP contribution in [0.5, 0.6) is 0 Å². The van der Waals surface area contributed by atoms with Crippen LogP contribution < -0.4 is 0 Å². The summed E-state index contributed by atoms with van der Waals surface area (Å²) >= 11 is 0. The van der Waals surface area contributed by atoms with Gasteiger partial charge in [-0.05, 0) is 31.6 Å². The molecule has 2 heterocycles. The van der Waals surface area contributed by atoms with E-state index in [1.54, 1.807) is 6.08 Å². The Morgan fingerprint density at radius 2 is 2.05 bits per heavy atom. The number of carboxylic acid groups (broad SMARTS) is 1. The van der Waals surface area contributed by atoms with Crippen molar-refractivity contribution in [1.29, 1.82) is 0 Å². The van der Waals surface area contributed by atoms with E-state index in [0.717, 1.165) is 25.3 Å². The summed E-state index contributed by atoms with van der Waals surface area (Å²) in [5.74, 6) is -0.128. The lowest BCUT2D eigenvalue weighted by Crippen LogP contribution is -2.31. The lowest BCUT2D eigenvalue weighted by molar-refractivity contribution is -0.131. The maximum atomic E-state index is 10.3. The first-order chi connectivity index (χ1) is 9.22. The number of hydrogen-bond acceptors (Lipinski definition) is 4. The van der Waals surface area contributed by atoms with Crippen LogP contribution in [-0.2, 0) is 14.3 Å². The van der Waals surface area contributed by atoms with Crippen LogP contribution in [0.15, 0.2) is 12.2 Å². The summed E-state index contributed by atoms with van der Waals surface area (Å²) in [6, 6.07) is 0. The van der Waals surface area contributed by atoms with Crippen LogP contribution in [0, 0.1) is 11.8 Å². The van der Waals surface area contributed by atoms with Crippen LogP contribution in [0.3, 0.4) is 0 Å². The van der Waals surface area contributed by atoms with E-state index in [9.17, 15) is 4.79 Å². The molecule has 2 aliphatic heterocycles. The fourth-order valence-electron chi connectivity index (χ4n) is 3.21. The van der Waals surface area contributed by atoms with Crippen molar-refractivity contribution in [1.82, 2.24) is 0 Å².